The van der Waals surface area contributed by atoms with Crippen molar-refractivity contribution in [1.82, 2.24) is 29.9 Å². The number of benzene rings is 2. The largest absolute Gasteiger partial charge is 2.00 e. The second-order valence-corrected chi connectivity index (χ2v) is 13.5. The number of aryl methyl sites for hydroxylation is 2. The van der Waals surface area contributed by atoms with E-state index in [0.29, 0.717) is 43.9 Å². The van der Waals surface area contributed by atoms with E-state index in [1.54, 1.807) is 77.2 Å². The van der Waals surface area contributed by atoms with Gasteiger partial charge in [-0.2, -0.15) is 0 Å². The summed E-state index contributed by atoms with van der Waals surface area (Å²) < 4.78 is 46.4. The molecule has 0 N–H and O–H groups in total. The van der Waals surface area contributed by atoms with Crippen molar-refractivity contribution in [1.29, 1.82) is 0 Å². The molecule has 0 aliphatic heterocycles. The quantitative estimate of drug-likeness (QED) is 0.177. The molecule has 2 unspecified atom stereocenters. The van der Waals surface area contributed by atoms with Gasteiger partial charge in [0.15, 0.2) is 0 Å². The molecule has 0 saturated heterocycles. The Kier molecular flexibility index (Phi) is 13.5. The number of aromatic nitrogens is 6. The molecule has 15 heteroatoms. The summed E-state index contributed by atoms with van der Waals surface area (Å²) in [5.41, 5.74) is 7.87. The Balaban J connectivity index is 0.000000216. The molecule has 0 fully saturated rings. The van der Waals surface area contributed by atoms with Crippen LogP contribution in [0.5, 0.6) is 23.0 Å². The Morgan fingerprint density at radius 1 is 0.612 bits per heavy atom. The third kappa shape index (κ3) is 8.74. The van der Waals surface area contributed by atoms with Crippen LogP contribution in [0.3, 0.4) is 0 Å². The smallest absolute Gasteiger partial charge is 0.497 e. The summed E-state index contributed by atoms with van der Waals surface area (Å²) in [5.74, 6) is 3.43. The molecule has 4 heterocycles. The fourth-order valence-corrected chi connectivity index (χ4v) is 7.24. The molecule has 0 saturated carbocycles. The van der Waals surface area contributed by atoms with Crippen molar-refractivity contribution in [3.05, 3.63) is 82.4 Å². The molecule has 252 valence electrons. The van der Waals surface area contributed by atoms with Gasteiger partial charge >= 0.3 is 48.9 Å². The van der Waals surface area contributed by atoms with Gasteiger partial charge in [-0.15, -0.1) is 0 Å². The van der Waals surface area contributed by atoms with Gasteiger partial charge in [0.05, 0.1) is 72.9 Å². The molecule has 0 bridgehead atoms. The maximum absolute atomic E-state index is 12.6. The average Bonchev–Trinajstić information content (AvgIpc) is 3.72. The minimum Gasteiger partial charge on any atom is -0.497 e. The number of pyridine rings is 2. The van der Waals surface area contributed by atoms with E-state index < -0.39 is 21.6 Å². The molecule has 0 aliphatic carbocycles. The molecule has 0 aliphatic rings. The Morgan fingerprint density at radius 2 is 1.00 bits per heavy atom. The number of hydrogen-bond donors (Lipinski definition) is 0. The number of nitrogens with zero attached hydrogens (tertiary/aromatic N) is 6. The molecule has 6 rings (SSSR count). The number of rotatable bonds is 10. The number of hydrogen-bond acceptors (Lipinski definition) is 10. The SMILES string of the molecule is COc1ccc2[n-]c(S(=O)Cc3ncc(C)c(OC)c3C)nc2c1.COc1ccc2[n-]c(S(=O)Cc3ncc(C)c(OC)c3C)nc2c1.[Ba+2]. The van der Waals surface area contributed by atoms with Gasteiger partial charge in [-0.3, -0.25) is 18.4 Å². The summed E-state index contributed by atoms with van der Waals surface area (Å²) in [6.45, 7) is 7.69. The minimum atomic E-state index is -1.38. The fraction of sp³-hybridized carbons (Fsp3) is 0.294. The van der Waals surface area contributed by atoms with E-state index >= 15 is 0 Å². The molecule has 49 heavy (non-hydrogen) atoms. The third-order valence-corrected chi connectivity index (χ3v) is 9.92. The first-order chi connectivity index (χ1) is 23.1. The van der Waals surface area contributed by atoms with Crippen LogP contribution < -0.4 is 28.9 Å². The molecule has 12 nitrogen and oxygen atoms in total. The molecule has 6 aromatic rings. The maximum Gasteiger partial charge on any atom is 2.00 e. The predicted molar refractivity (Wildman–Crippen MR) is 190 cm³/mol. The monoisotopic (exact) mass is 826 g/mol. The average molecular weight is 826 g/mol. The molecule has 0 spiro atoms. The zero-order chi connectivity index (χ0) is 34.5. The van der Waals surface area contributed by atoms with Crippen molar-refractivity contribution >= 4 is 92.5 Å². The van der Waals surface area contributed by atoms with Gasteiger partial charge < -0.3 is 38.9 Å². The molecule has 0 radical (unpaired) electrons. The zero-order valence-corrected chi connectivity index (χ0v) is 34.8. The molecular weight excluding hydrogens is 790 g/mol. The van der Waals surface area contributed by atoms with E-state index in [4.69, 9.17) is 18.9 Å². The van der Waals surface area contributed by atoms with Gasteiger partial charge in [-0.05, 0) is 74.0 Å². The standard InChI is InChI=1S/2C17H18N3O3S.Ba/c2*1-10-8-18-15(11(2)16(10)23-4)9-24(21)17-19-13-6-5-12(22-3)7-14(13)20-17;/h2*5-8H,9H2,1-4H3;/q2*-1;+2. The number of ether oxygens (including phenoxy) is 4. The van der Waals surface area contributed by atoms with Gasteiger partial charge in [-0.25, -0.2) is 0 Å². The van der Waals surface area contributed by atoms with E-state index in [-0.39, 0.29) is 60.4 Å². The first-order valence-electron chi connectivity index (χ1n) is 14.8. The Labute approximate surface area is 330 Å². The van der Waals surface area contributed by atoms with Crippen LogP contribution in [0.4, 0.5) is 0 Å². The number of methoxy groups -OCH3 is 4. The van der Waals surface area contributed by atoms with Crippen LogP contribution in [0, 0.1) is 27.7 Å². The second-order valence-electron chi connectivity index (χ2n) is 10.8. The van der Waals surface area contributed by atoms with Crippen LogP contribution in [0.25, 0.3) is 22.1 Å². The summed E-state index contributed by atoms with van der Waals surface area (Å²) in [6.07, 6.45) is 3.46. The van der Waals surface area contributed by atoms with Crippen LogP contribution in [0.1, 0.15) is 33.6 Å². The summed E-state index contributed by atoms with van der Waals surface area (Å²) in [5, 5.41) is 0.609. The van der Waals surface area contributed by atoms with Gasteiger partial charge in [0.25, 0.3) is 0 Å². The molecular formula is C34H36BaN6O6S2. The summed E-state index contributed by atoms with van der Waals surface area (Å²) in [7, 11) is 3.66. The molecule has 2 aromatic carbocycles. The number of fused-ring (bicyclic) bond motifs is 2. The molecule has 4 aromatic heterocycles. The topological polar surface area (TPSA) is 151 Å². The minimum absolute atomic E-state index is 0. The van der Waals surface area contributed by atoms with Crippen LogP contribution >= 0.6 is 0 Å². The first-order valence-corrected chi connectivity index (χ1v) is 17.4. The summed E-state index contributed by atoms with van der Waals surface area (Å²) in [6, 6.07) is 10.8. The van der Waals surface area contributed by atoms with E-state index in [2.05, 4.69) is 29.9 Å². The van der Waals surface area contributed by atoms with Crippen molar-refractivity contribution < 1.29 is 27.4 Å². The van der Waals surface area contributed by atoms with Crippen LogP contribution in [-0.4, -0.2) is 106 Å². The van der Waals surface area contributed by atoms with Gasteiger partial charge in [0.2, 0.25) is 0 Å². The number of imidazole rings is 2. The third-order valence-electron chi connectivity index (χ3n) is 7.67. The van der Waals surface area contributed by atoms with Gasteiger partial charge in [0.1, 0.15) is 23.0 Å². The second kappa shape index (κ2) is 17.1. The van der Waals surface area contributed by atoms with Crippen LogP contribution in [0.15, 0.2) is 59.1 Å². The normalized spacial score (nSPS) is 12.1. The van der Waals surface area contributed by atoms with E-state index in [1.807, 2.05) is 27.7 Å². The zero-order valence-electron chi connectivity index (χ0n) is 28.7. The first kappa shape index (κ1) is 38.6. The fourth-order valence-electron chi connectivity index (χ4n) is 5.11. The summed E-state index contributed by atoms with van der Waals surface area (Å²) >= 11 is 0. The molecule has 0 amide bonds. The maximum atomic E-state index is 12.6. The Hall–Kier alpha value is -3.25. The van der Waals surface area contributed by atoms with E-state index in [0.717, 1.165) is 45.1 Å². The van der Waals surface area contributed by atoms with E-state index in [1.165, 1.54) is 0 Å². The predicted octanol–water partition coefficient (Wildman–Crippen LogP) is 4.68. The van der Waals surface area contributed by atoms with Gasteiger partial charge in [0, 0.05) is 45.0 Å². The van der Waals surface area contributed by atoms with E-state index in [9.17, 15) is 8.42 Å². The van der Waals surface area contributed by atoms with Crippen molar-refractivity contribution in [3.63, 3.8) is 0 Å². The Morgan fingerprint density at radius 3 is 1.35 bits per heavy atom. The van der Waals surface area contributed by atoms with Gasteiger partial charge in [-0.1, -0.05) is 12.1 Å². The van der Waals surface area contributed by atoms with Crippen LogP contribution in [0.2, 0.25) is 0 Å². The van der Waals surface area contributed by atoms with Crippen molar-refractivity contribution in [2.24, 2.45) is 0 Å². The molecule has 2 atom stereocenters. The van der Waals surface area contributed by atoms with Crippen molar-refractivity contribution in [3.8, 4) is 23.0 Å². The Bertz CT molecular complexity index is 2000. The van der Waals surface area contributed by atoms with Crippen molar-refractivity contribution in [2.45, 2.75) is 49.5 Å². The summed E-state index contributed by atoms with van der Waals surface area (Å²) in [4.78, 5) is 26.2. The van der Waals surface area contributed by atoms with Crippen molar-refractivity contribution in [2.75, 3.05) is 28.4 Å². The van der Waals surface area contributed by atoms with Crippen LogP contribution in [-0.2, 0) is 33.1 Å².